The van der Waals surface area contributed by atoms with Crippen LogP contribution in [0.5, 0.6) is 0 Å². The fourth-order valence-electron chi connectivity index (χ4n) is 3.13. The van der Waals surface area contributed by atoms with Crippen LogP contribution in [0.2, 0.25) is 0 Å². The molecule has 0 saturated carbocycles. The third kappa shape index (κ3) is 4.40. The lowest BCUT2D eigenvalue weighted by Gasteiger charge is -2.35. The lowest BCUT2D eigenvalue weighted by molar-refractivity contribution is 0.0601. The van der Waals surface area contributed by atoms with Gasteiger partial charge in [-0.05, 0) is 30.3 Å². The number of nitrogens with zero attached hydrogens (tertiary/aromatic N) is 6. The Morgan fingerprint density at radius 3 is 2.34 bits per heavy atom. The molecule has 0 amide bonds. The molecule has 4 rings (SSSR count). The first-order chi connectivity index (χ1) is 14.2. The fraction of sp³-hybridized carbons (Fsp3) is 0.250. The maximum Gasteiger partial charge on any atom is 0.337 e. The number of hydrogen-bond acceptors (Lipinski definition) is 9. The van der Waals surface area contributed by atoms with Gasteiger partial charge in [0.25, 0.3) is 0 Å². The average molecular weight is 391 g/mol. The zero-order valence-electron chi connectivity index (χ0n) is 16.0. The first-order valence-corrected chi connectivity index (χ1v) is 9.27. The van der Waals surface area contributed by atoms with Crippen molar-refractivity contribution in [2.75, 3.05) is 48.4 Å². The number of carbonyl (C=O) groups is 1. The maximum atomic E-state index is 11.5. The van der Waals surface area contributed by atoms with Crippen molar-refractivity contribution >= 4 is 29.2 Å². The molecule has 9 heteroatoms. The molecule has 1 saturated heterocycles. The fourth-order valence-corrected chi connectivity index (χ4v) is 3.13. The Morgan fingerprint density at radius 2 is 1.66 bits per heavy atom. The molecule has 0 atom stereocenters. The molecule has 1 aromatic carbocycles. The van der Waals surface area contributed by atoms with Crippen LogP contribution in [0.4, 0.5) is 23.3 Å². The van der Waals surface area contributed by atoms with Gasteiger partial charge in [-0.1, -0.05) is 0 Å². The summed E-state index contributed by atoms with van der Waals surface area (Å²) >= 11 is 0. The molecular weight excluding hydrogens is 370 g/mol. The van der Waals surface area contributed by atoms with Crippen molar-refractivity contribution < 1.29 is 9.53 Å². The zero-order valence-corrected chi connectivity index (χ0v) is 16.0. The summed E-state index contributed by atoms with van der Waals surface area (Å²) in [5.41, 5.74) is 1.33. The minimum Gasteiger partial charge on any atom is -0.465 e. The van der Waals surface area contributed by atoms with Crippen LogP contribution in [-0.2, 0) is 4.74 Å². The van der Waals surface area contributed by atoms with Crippen LogP contribution >= 0.6 is 0 Å². The van der Waals surface area contributed by atoms with Gasteiger partial charge in [0.1, 0.15) is 18.0 Å². The smallest absolute Gasteiger partial charge is 0.337 e. The van der Waals surface area contributed by atoms with Gasteiger partial charge in [0.15, 0.2) is 0 Å². The highest BCUT2D eigenvalue weighted by atomic mass is 16.5. The molecule has 0 bridgehead atoms. The van der Waals surface area contributed by atoms with E-state index in [4.69, 9.17) is 4.74 Å². The second kappa shape index (κ2) is 8.51. The lowest BCUT2D eigenvalue weighted by Crippen LogP contribution is -2.47. The largest absolute Gasteiger partial charge is 0.465 e. The number of hydrogen-bond donors (Lipinski definition) is 1. The summed E-state index contributed by atoms with van der Waals surface area (Å²) in [4.78, 5) is 33.3. The van der Waals surface area contributed by atoms with Crippen LogP contribution in [0.25, 0.3) is 0 Å². The minimum absolute atomic E-state index is 0.360. The number of anilines is 4. The van der Waals surface area contributed by atoms with Crippen molar-refractivity contribution in [1.82, 2.24) is 19.9 Å². The van der Waals surface area contributed by atoms with Crippen LogP contribution in [0, 0.1) is 0 Å². The van der Waals surface area contributed by atoms with E-state index >= 15 is 0 Å². The highest BCUT2D eigenvalue weighted by molar-refractivity contribution is 5.89. The number of aromatic nitrogens is 4. The summed E-state index contributed by atoms with van der Waals surface area (Å²) in [5.74, 6) is 1.95. The number of rotatable bonds is 5. The highest BCUT2D eigenvalue weighted by Crippen LogP contribution is 2.21. The molecule has 0 radical (unpaired) electrons. The predicted octanol–water partition coefficient (Wildman–Crippen LogP) is 2.12. The molecule has 0 aliphatic carbocycles. The van der Waals surface area contributed by atoms with Crippen LogP contribution in [0.3, 0.4) is 0 Å². The normalized spacial score (nSPS) is 13.8. The van der Waals surface area contributed by atoms with E-state index in [0.717, 1.165) is 43.6 Å². The Balaban J connectivity index is 1.39. The monoisotopic (exact) mass is 391 g/mol. The molecule has 1 N–H and O–H groups in total. The number of piperazine rings is 1. The number of benzene rings is 1. The van der Waals surface area contributed by atoms with Gasteiger partial charge in [-0.3, -0.25) is 0 Å². The summed E-state index contributed by atoms with van der Waals surface area (Å²) < 4.78 is 4.72. The number of methoxy groups -OCH3 is 1. The van der Waals surface area contributed by atoms with Crippen molar-refractivity contribution in [1.29, 1.82) is 0 Å². The number of esters is 1. The Hall–Kier alpha value is -3.75. The number of nitrogens with one attached hydrogen (secondary N) is 1. The topological polar surface area (TPSA) is 96.4 Å². The van der Waals surface area contributed by atoms with Crippen molar-refractivity contribution in [2.45, 2.75) is 0 Å². The van der Waals surface area contributed by atoms with Crippen LogP contribution < -0.4 is 15.1 Å². The molecule has 148 valence electrons. The Morgan fingerprint density at radius 1 is 0.966 bits per heavy atom. The van der Waals surface area contributed by atoms with Crippen molar-refractivity contribution in [3.05, 3.63) is 60.7 Å². The van der Waals surface area contributed by atoms with Gasteiger partial charge in [-0.2, -0.15) is 0 Å². The van der Waals surface area contributed by atoms with Gasteiger partial charge in [0, 0.05) is 50.3 Å². The molecular formula is C20H21N7O2. The van der Waals surface area contributed by atoms with Crippen LogP contribution in [-0.4, -0.2) is 59.2 Å². The second-order valence-electron chi connectivity index (χ2n) is 6.48. The quantitative estimate of drug-likeness (QED) is 0.656. The van der Waals surface area contributed by atoms with E-state index in [0.29, 0.717) is 11.4 Å². The van der Waals surface area contributed by atoms with Gasteiger partial charge < -0.3 is 19.9 Å². The van der Waals surface area contributed by atoms with Gasteiger partial charge in [0.05, 0.1) is 12.7 Å². The molecule has 1 fully saturated rings. The standard InChI is InChI=1S/C20H21N7O2/c1-29-19(28)15-3-5-16(6-4-15)25-17-13-18(24-14-23-17)26-9-11-27(12-10-26)20-21-7-2-8-22-20/h2-8,13-14H,9-12H2,1H3,(H,23,24,25). The zero-order chi connectivity index (χ0) is 20.1. The van der Waals surface area contributed by atoms with Gasteiger partial charge >= 0.3 is 5.97 Å². The predicted molar refractivity (Wildman–Crippen MR) is 110 cm³/mol. The number of ether oxygens (including phenoxy) is 1. The second-order valence-corrected chi connectivity index (χ2v) is 6.48. The van der Waals surface area contributed by atoms with Crippen LogP contribution in [0.15, 0.2) is 55.1 Å². The Kier molecular flexibility index (Phi) is 5.46. The summed E-state index contributed by atoms with van der Waals surface area (Å²) in [5, 5.41) is 3.24. The third-order valence-corrected chi connectivity index (χ3v) is 4.67. The van der Waals surface area contributed by atoms with E-state index in [-0.39, 0.29) is 5.97 Å². The number of carbonyl (C=O) groups excluding carboxylic acids is 1. The average Bonchev–Trinajstić information content (AvgIpc) is 2.80. The van der Waals surface area contributed by atoms with Crippen molar-refractivity contribution in [2.24, 2.45) is 0 Å². The van der Waals surface area contributed by atoms with E-state index < -0.39 is 0 Å². The van der Waals surface area contributed by atoms with E-state index in [2.05, 4.69) is 35.1 Å². The molecule has 29 heavy (non-hydrogen) atoms. The maximum absolute atomic E-state index is 11.5. The van der Waals surface area contributed by atoms with E-state index in [1.54, 1.807) is 30.9 Å². The van der Waals surface area contributed by atoms with Crippen molar-refractivity contribution in [3.8, 4) is 0 Å². The van der Waals surface area contributed by atoms with Crippen molar-refractivity contribution in [3.63, 3.8) is 0 Å². The molecule has 0 unspecified atom stereocenters. The molecule has 3 aromatic rings. The van der Waals surface area contributed by atoms with Crippen LogP contribution in [0.1, 0.15) is 10.4 Å². The van der Waals surface area contributed by atoms with Gasteiger partial charge in [-0.25, -0.2) is 24.7 Å². The van der Waals surface area contributed by atoms with E-state index in [9.17, 15) is 4.79 Å². The molecule has 1 aliphatic heterocycles. The summed E-state index contributed by atoms with van der Waals surface area (Å²) in [6, 6.07) is 10.8. The Bertz CT molecular complexity index is 958. The molecule has 1 aliphatic rings. The molecule has 0 spiro atoms. The van der Waals surface area contributed by atoms with Gasteiger partial charge in [0.2, 0.25) is 5.95 Å². The first kappa shape index (κ1) is 18.6. The van der Waals surface area contributed by atoms with E-state index in [1.807, 2.05) is 24.3 Å². The Labute approximate surface area is 168 Å². The minimum atomic E-state index is -0.360. The lowest BCUT2D eigenvalue weighted by atomic mass is 10.2. The summed E-state index contributed by atoms with van der Waals surface area (Å²) in [6.45, 7) is 3.29. The highest BCUT2D eigenvalue weighted by Gasteiger charge is 2.20. The SMILES string of the molecule is COC(=O)c1ccc(Nc2cc(N3CCN(c4ncccn4)CC3)ncn2)cc1. The van der Waals surface area contributed by atoms with Gasteiger partial charge in [-0.15, -0.1) is 0 Å². The summed E-state index contributed by atoms with van der Waals surface area (Å²) in [6.07, 6.45) is 5.07. The molecule has 3 heterocycles. The first-order valence-electron chi connectivity index (χ1n) is 9.27. The third-order valence-electron chi connectivity index (χ3n) is 4.67. The molecule has 2 aromatic heterocycles. The molecule has 9 nitrogen and oxygen atoms in total. The van der Waals surface area contributed by atoms with E-state index in [1.165, 1.54) is 7.11 Å². The summed E-state index contributed by atoms with van der Waals surface area (Å²) in [7, 11) is 1.36.